The summed E-state index contributed by atoms with van der Waals surface area (Å²) in [6, 6.07) is 4.17. The van der Waals surface area contributed by atoms with Gasteiger partial charge in [0.25, 0.3) is 0 Å². The minimum atomic E-state index is 0.310. The normalized spacial score (nSPS) is 21.2. The highest BCUT2D eigenvalue weighted by atomic mass is 32.2. The monoisotopic (exact) mass is 342 g/mol. The van der Waals surface area contributed by atoms with E-state index in [9.17, 15) is 5.26 Å². The first-order chi connectivity index (χ1) is 11.4. The second kappa shape index (κ2) is 6.76. The van der Waals surface area contributed by atoms with Gasteiger partial charge in [-0.2, -0.15) is 5.26 Å². The zero-order valence-corrected chi connectivity index (χ0v) is 15.9. The first kappa shape index (κ1) is 17.3. The SMILES string of the molecule is Cc1cc(N=C2SCC3(CCCC3)N2CC(C)C)nc(C)c1C#N. The van der Waals surface area contributed by atoms with Gasteiger partial charge >= 0.3 is 0 Å². The predicted molar refractivity (Wildman–Crippen MR) is 101 cm³/mol. The zero-order chi connectivity index (χ0) is 17.3. The third-order valence-corrected chi connectivity index (χ3v) is 6.31. The number of hydrogen-bond acceptors (Lipinski definition) is 4. The summed E-state index contributed by atoms with van der Waals surface area (Å²) in [6.45, 7) is 9.46. The van der Waals surface area contributed by atoms with Gasteiger partial charge in [-0.3, -0.25) is 0 Å². The Balaban J connectivity index is 1.95. The summed E-state index contributed by atoms with van der Waals surface area (Å²) in [6.07, 6.45) is 5.22. The Bertz CT molecular complexity index is 673. The van der Waals surface area contributed by atoms with Crippen LogP contribution in [-0.4, -0.2) is 32.9 Å². The first-order valence-corrected chi connectivity index (χ1v) is 9.81. The van der Waals surface area contributed by atoms with E-state index in [1.54, 1.807) is 0 Å². The van der Waals surface area contributed by atoms with E-state index in [2.05, 4.69) is 29.8 Å². The predicted octanol–water partition coefficient (Wildman–Crippen LogP) is 4.58. The summed E-state index contributed by atoms with van der Waals surface area (Å²) in [7, 11) is 0. The van der Waals surface area contributed by atoms with E-state index in [-0.39, 0.29) is 0 Å². The molecule has 128 valence electrons. The molecule has 2 fully saturated rings. The summed E-state index contributed by atoms with van der Waals surface area (Å²) in [4.78, 5) is 12.0. The van der Waals surface area contributed by atoms with Gasteiger partial charge in [-0.15, -0.1) is 0 Å². The fourth-order valence-electron chi connectivity index (χ4n) is 3.87. The molecule has 1 aromatic heterocycles. The summed E-state index contributed by atoms with van der Waals surface area (Å²) in [5, 5.41) is 10.3. The highest BCUT2D eigenvalue weighted by Gasteiger charge is 2.46. The van der Waals surface area contributed by atoms with Gasteiger partial charge < -0.3 is 4.90 Å². The molecule has 2 aliphatic rings. The molecule has 1 aliphatic heterocycles. The minimum absolute atomic E-state index is 0.310. The van der Waals surface area contributed by atoms with E-state index in [0.29, 0.717) is 17.0 Å². The Morgan fingerprint density at radius 1 is 1.38 bits per heavy atom. The zero-order valence-electron chi connectivity index (χ0n) is 15.1. The maximum absolute atomic E-state index is 9.22. The van der Waals surface area contributed by atoms with E-state index in [4.69, 9.17) is 4.99 Å². The van der Waals surface area contributed by atoms with Gasteiger partial charge in [-0.25, -0.2) is 9.98 Å². The lowest BCUT2D eigenvalue weighted by molar-refractivity contribution is 0.198. The van der Waals surface area contributed by atoms with Crippen LogP contribution in [0.15, 0.2) is 11.1 Å². The van der Waals surface area contributed by atoms with E-state index in [1.165, 1.54) is 25.7 Å². The molecular weight excluding hydrogens is 316 g/mol. The largest absolute Gasteiger partial charge is 0.344 e. The quantitative estimate of drug-likeness (QED) is 0.807. The van der Waals surface area contributed by atoms with Crippen LogP contribution in [0, 0.1) is 31.1 Å². The molecule has 0 amide bonds. The molecule has 0 unspecified atom stereocenters. The molecule has 0 N–H and O–H groups in total. The third-order valence-electron chi connectivity index (χ3n) is 5.06. The standard InChI is InChI=1S/C19H26N4S/c1-13(2)11-23-18(24-12-19(23)7-5-6-8-19)22-17-9-14(3)16(10-20)15(4)21-17/h9,13H,5-8,11-12H2,1-4H3. The number of aliphatic imine (C=N–C) groups is 1. The number of aromatic nitrogens is 1. The molecular formula is C19H26N4S. The van der Waals surface area contributed by atoms with Crippen molar-refractivity contribution in [3.05, 3.63) is 22.9 Å². The fourth-order valence-corrected chi connectivity index (χ4v) is 5.29. The third kappa shape index (κ3) is 3.17. The molecule has 1 saturated heterocycles. The van der Waals surface area contributed by atoms with Gasteiger partial charge in [0.05, 0.1) is 16.8 Å². The molecule has 0 radical (unpaired) electrons. The van der Waals surface area contributed by atoms with Gasteiger partial charge in [0.2, 0.25) is 0 Å². The van der Waals surface area contributed by atoms with Crippen molar-refractivity contribution < 1.29 is 0 Å². The second-order valence-corrected chi connectivity index (χ2v) is 8.43. The van der Waals surface area contributed by atoms with Crippen LogP contribution in [0.1, 0.15) is 56.4 Å². The summed E-state index contributed by atoms with van der Waals surface area (Å²) in [5.74, 6) is 2.49. The topological polar surface area (TPSA) is 52.3 Å². The maximum atomic E-state index is 9.22. The number of nitrogens with zero attached hydrogens (tertiary/aromatic N) is 4. The Labute approximate surface area is 149 Å². The maximum Gasteiger partial charge on any atom is 0.166 e. The van der Waals surface area contributed by atoms with Crippen LogP contribution < -0.4 is 0 Å². The summed E-state index contributed by atoms with van der Waals surface area (Å²) >= 11 is 1.88. The van der Waals surface area contributed by atoms with Crippen LogP contribution in [0.2, 0.25) is 0 Å². The smallest absolute Gasteiger partial charge is 0.166 e. The van der Waals surface area contributed by atoms with Gasteiger partial charge in [0, 0.05) is 12.3 Å². The number of aryl methyl sites for hydroxylation is 2. The van der Waals surface area contributed by atoms with Gasteiger partial charge in [-0.1, -0.05) is 38.5 Å². The van der Waals surface area contributed by atoms with Crippen molar-refractivity contribution in [2.75, 3.05) is 12.3 Å². The van der Waals surface area contributed by atoms with Crippen LogP contribution in [0.4, 0.5) is 5.82 Å². The number of pyridine rings is 1. The van der Waals surface area contributed by atoms with Crippen LogP contribution >= 0.6 is 11.8 Å². The van der Waals surface area contributed by atoms with Crippen LogP contribution in [0.25, 0.3) is 0 Å². The molecule has 0 aromatic carbocycles. The number of hydrogen-bond donors (Lipinski definition) is 0. The van der Waals surface area contributed by atoms with E-state index in [0.717, 1.165) is 34.5 Å². The molecule has 2 heterocycles. The van der Waals surface area contributed by atoms with Crippen molar-refractivity contribution in [3.8, 4) is 6.07 Å². The minimum Gasteiger partial charge on any atom is -0.344 e. The average Bonchev–Trinajstić information content (AvgIpc) is 3.10. The fraction of sp³-hybridized carbons (Fsp3) is 0.632. The van der Waals surface area contributed by atoms with E-state index < -0.39 is 0 Å². The van der Waals surface area contributed by atoms with E-state index in [1.807, 2.05) is 31.7 Å². The van der Waals surface area contributed by atoms with Gasteiger partial charge in [-0.05, 0) is 44.2 Å². The molecule has 4 nitrogen and oxygen atoms in total. The van der Waals surface area contributed by atoms with Crippen molar-refractivity contribution in [2.45, 2.75) is 58.9 Å². The Morgan fingerprint density at radius 2 is 2.08 bits per heavy atom. The van der Waals surface area contributed by atoms with Gasteiger partial charge in [0.1, 0.15) is 6.07 Å². The van der Waals surface area contributed by atoms with Crippen molar-refractivity contribution in [1.29, 1.82) is 5.26 Å². The van der Waals surface area contributed by atoms with Crippen molar-refractivity contribution in [2.24, 2.45) is 10.9 Å². The average molecular weight is 343 g/mol. The molecule has 5 heteroatoms. The van der Waals surface area contributed by atoms with Crippen molar-refractivity contribution in [3.63, 3.8) is 0 Å². The first-order valence-electron chi connectivity index (χ1n) is 8.83. The number of thioether (sulfide) groups is 1. The van der Waals surface area contributed by atoms with Crippen LogP contribution in [-0.2, 0) is 0 Å². The van der Waals surface area contributed by atoms with E-state index >= 15 is 0 Å². The highest BCUT2D eigenvalue weighted by Crippen LogP contribution is 2.45. The number of rotatable bonds is 3. The summed E-state index contributed by atoms with van der Waals surface area (Å²) < 4.78 is 0. The molecule has 0 bridgehead atoms. The molecule has 1 aromatic rings. The Morgan fingerprint density at radius 3 is 2.67 bits per heavy atom. The molecule has 1 saturated carbocycles. The van der Waals surface area contributed by atoms with Crippen LogP contribution in [0.3, 0.4) is 0 Å². The molecule has 1 spiro atoms. The van der Waals surface area contributed by atoms with Gasteiger partial charge in [0.15, 0.2) is 11.0 Å². The lowest BCUT2D eigenvalue weighted by Crippen LogP contribution is -2.47. The lowest BCUT2D eigenvalue weighted by Gasteiger charge is -2.36. The highest BCUT2D eigenvalue weighted by molar-refractivity contribution is 8.14. The Kier molecular flexibility index (Phi) is 4.87. The number of nitriles is 1. The van der Waals surface area contributed by atoms with Crippen molar-refractivity contribution >= 4 is 22.7 Å². The second-order valence-electron chi connectivity index (χ2n) is 7.49. The lowest BCUT2D eigenvalue weighted by atomic mass is 9.97. The Hall–Kier alpha value is -1.54. The summed E-state index contributed by atoms with van der Waals surface area (Å²) in [5.41, 5.74) is 2.71. The molecule has 1 aliphatic carbocycles. The molecule has 3 rings (SSSR count). The van der Waals surface area contributed by atoms with Crippen molar-refractivity contribution in [1.82, 2.24) is 9.88 Å². The molecule has 24 heavy (non-hydrogen) atoms. The molecule has 0 atom stereocenters. The number of amidine groups is 1. The van der Waals surface area contributed by atoms with Crippen LogP contribution in [0.5, 0.6) is 0 Å².